The zero-order chi connectivity index (χ0) is 9.97. The molecule has 0 amide bonds. The summed E-state index contributed by atoms with van der Waals surface area (Å²) in [5.41, 5.74) is 0. The molecule has 1 aromatic rings. The molecular weight excluding hydrogens is 187 g/mol. The van der Waals surface area contributed by atoms with Crippen LogP contribution in [0.3, 0.4) is 0 Å². The Morgan fingerprint density at radius 1 is 1.29 bits per heavy atom. The summed E-state index contributed by atoms with van der Waals surface area (Å²) in [6.45, 7) is 0.671. The first kappa shape index (κ1) is 9.43. The standard InChI is InChI=1S/C10H11FO3/c11-7-1-3-8(4-2-7)14-10-6-13-5-9(10)12/h1-4,9-10,12H,5-6H2/t9-,10-/m1/s1. The Kier molecular flexibility index (Phi) is 2.65. The van der Waals surface area contributed by atoms with E-state index in [2.05, 4.69) is 0 Å². The maximum Gasteiger partial charge on any atom is 0.150 e. The molecule has 1 aliphatic heterocycles. The van der Waals surface area contributed by atoms with Gasteiger partial charge in [-0.2, -0.15) is 0 Å². The van der Waals surface area contributed by atoms with Crippen LogP contribution in [-0.4, -0.2) is 30.5 Å². The molecule has 0 aliphatic carbocycles. The molecule has 1 aliphatic rings. The van der Waals surface area contributed by atoms with Gasteiger partial charge in [0.25, 0.3) is 0 Å². The maximum absolute atomic E-state index is 12.5. The lowest BCUT2D eigenvalue weighted by Crippen LogP contribution is -2.29. The smallest absolute Gasteiger partial charge is 0.150 e. The van der Waals surface area contributed by atoms with E-state index in [1.807, 2.05) is 0 Å². The van der Waals surface area contributed by atoms with E-state index in [1.54, 1.807) is 0 Å². The summed E-state index contributed by atoms with van der Waals surface area (Å²) >= 11 is 0. The van der Waals surface area contributed by atoms with Gasteiger partial charge in [0.15, 0.2) is 0 Å². The fourth-order valence-electron chi connectivity index (χ4n) is 1.32. The normalized spacial score (nSPS) is 26.4. The first-order valence-electron chi connectivity index (χ1n) is 4.44. The molecule has 0 radical (unpaired) electrons. The molecule has 1 N–H and O–H groups in total. The van der Waals surface area contributed by atoms with Crippen LogP contribution in [0.25, 0.3) is 0 Å². The first-order valence-corrected chi connectivity index (χ1v) is 4.44. The van der Waals surface area contributed by atoms with Gasteiger partial charge in [0.1, 0.15) is 23.8 Å². The van der Waals surface area contributed by atoms with Gasteiger partial charge in [0.2, 0.25) is 0 Å². The number of benzene rings is 1. The highest BCUT2D eigenvalue weighted by Gasteiger charge is 2.27. The average Bonchev–Trinajstić information content (AvgIpc) is 2.56. The molecule has 4 heteroatoms. The van der Waals surface area contributed by atoms with Crippen molar-refractivity contribution >= 4 is 0 Å². The van der Waals surface area contributed by atoms with Crippen molar-refractivity contribution < 1.29 is 19.0 Å². The molecule has 14 heavy (non-hydrogen) atoms. The van der Waals surface area contributed by atoms with Crippen LogP contribution < -0.4 is 4.74 Å². The minimum Gasteiger partial charge on any atom is -0.485 e. The molecular formula is C10H11FO3. The molecule has 0 spiro atoms. The van der Waals surface area contributed by atoms with Crippen LogP contribution in [0.2, 0.25) is 0 Å². The third kappa shape index (κ3) is 2.02. The Hall–Kier alpha value is -1.13. The molecule has 0 aromatic heterocycles. The zero-order valence-corrected chi connectivity index (χ0v) is 7.52. The van der Waals surface area contributed by atoms with Crippen molar-refractivity contribution in [3.63, 3.8) is 0 Å². The zero-order valence-electron chi connectivity index (χ0n) is 7.52. The Balaban J connectivity index is 2.00. The SMILES string of the molecule is O[C@@H]1COC[C@H]1Oc1ccc(F)cc1. The van der Waals surface area contributed by atoms with E-state index in [0.717, 1.165) is 0 Å². The summed E-state index contributed by atoms with van der Waals surface area (Å²) in [6.07, 6.45) is -0.944. The van der Waals surface area contributed by atoms with Gasteiger partial charge < -0.3 is 14.6 Å². The van der Waals surface area contributed by atoms with Gasteiger partial charge in [-0.15, -0.1) is 0 Å². The molecule has 2 atom stereocenters. The molecule has 3 nitrogen and oxygen atoms in total. The Bertz CT molecular complexity index is 299. The summed E-state index contributed by atoms with van der Waals surface area (Å²) in [4.78, 5) is 0. The number of aliphatic hydroxyl groups is 1. The summed E-state index contributed by atoms with van der Waals surface area (Å²) in [5, 5.41) is 9.38. The van der Waals surface area contributed by atoms with E-state index in [-0.39, 0.29) is 11.9 Å². The quantitative estimate of drug-likeness (QED) is 0.769. The van der Waals surface area contributed by atoms with Crippen LogP contribution in [0.4, 0.5) is 4.39 Å². The Morgan fingerprint density at radius 3 is 2.57 bits per heavy atom. The largest absolute Gasteiger partial charge is 0.485 e. The van der Waals surface area contributed by atoms with Crippen LogP contribution in [0.5, 0.6) is 5.75 Å². The summed E-state index contributed by atoms with van der Waals surface area (Å²) in [6, 6.07) is 5.69. The number of rotatable bonds is 2. The summed E-state index contributed by atoms with van der Waals surface area (Å²) < 4.78 is 23.0. The van der Waals surface area contributed by atoms with Crippen molar-refractivity contribution in [2.45, 2.75) is 12.2 Å². The van der Waals surface area contributed by atoms with E-state index in [4.69, 9.17) is 9.47 Å². The monoisotopic (exact) mass is 198 g/mol. The maximum atomic E-state index is 12.5. The predicted molar refractivity (Wildman–Crippen MR) is 47.6 cm³/mol. The van der Waals surface area contributed by atoms with Gasteiger partial charge in [-0.05, 0) is 24.3 Å². The van der Waals surface area contributed by atoms with Gasteiger partial charge in [-0.1, -0.05) is 0 Å². The van der Waals surface area contributed by atoms with E-state index in [9.17, 15) is 9.50 Å². The molecule has 0 bridgehead atoms. The van der Waals surface area contributed by atoms with Crippen LogP contribution in [0.15, 0.2) is 24.3 Å². The van der Waals surface area contributed by atoms with Crippen molar-refractivity contribution in [3.8, 4) is 5.75 Å². The minimum absolute atomic E-state index is 0.297. The van der Waals surface area contributed by atoms with Gasteiger partial charge in [-0.25, -0.2) is 4.39 Å². The molecule has 2 rings (SSSR count). The number of aliphatic hydroxyl groups excluding tert-OH is 1. The second-order valence-corrected chi connectivity index (χ2v) is 3.22. The third-order valence-electron chi connectivity index (χ3n) is 2.10. The van der Waals surface area contributed by atoms with E-state index >= 15 is 0 Å². The Labute approximate surface area is 81.1 Å². The van der Waals surface area contributed by atoms with Gasteiger partial charge in [-0.3, -0.25) is 0 Å². The number of hydrogen-bond acceptors (Lipinski definition) is 3. The van der Waals surface area contributed by atoms with Crippen LogP contribution in [0.1, 0.15) is 0 Å². The first-order chi connectivity index (χ1) is 6.75. The Morgan fingerprint density at radius 2 is 2.00 bits per heavy atom. The number of hydrogen-bond donors (Lipinski definition) is 1. The van der Waals surface area contributed by atoms with Crippen molar-refractivity contribution in [3.05, 3.63) is 30.1 Å². The highest BCUT2D eigenvalue weighted by molar-refractivity contribution is 5.22. The van der Waals surface area contributed by atoms with Gasteiger partial charge >= 0.3 is 0 Å². The molecule has 0 saturated carbocycles. The summed E-state index contributed by atoms with van der Waals surface area (Å²) in [5.74, 6) is 0.238. The lowest BCUT2D eigenvalue weighted by Gasteiger charge is -2.14. The van der Waals surface area contributed by atoms with Crippen molar-refractivity contribution in [1.82, 2.24) is 0 Å². The van der Waals surface area contributed by atoms with E-state index in [0.29, 0.717) is 19.0 Å². The highest BCUT2D eigenvalue weighted by atomic mass is 19.1. The van der Waals surface area contributed by atoms with Crippen LogP contribution >= 0.6 is 0 Å². The van der Waals surface area contributed by atoms with Crippen LogP contribution in [-0.2, 0) is 4.74 Å². The molecule has 1 saturated heterocycles. The van der Waals surface area contributed by atoms with E-state index in [1.165, 1.54) is 24.3 Å². The lowest BCUT2D eigenvalue weighted by atomic mass is 10.2. The molecule has 76 valence electrons. The van der Waals surface area contributed by atoms with Gasteiger partial charge in [0.05, 0.1) is 13.2 Å². The number of halogens is 1. The molecule has 0 unspecified atom stereocenters. The summed E-state index contributed by atoms with van der Waals surface area (Å²) in [7, 11) is 0. The van der Waals surface area contributed by atoms with Crippen molar-refractivity contribution in [1.29, 1.82) is 0 Å². The molecule has 1 aromatic carbocycles. The highest BCUT2D eigenvalue weighted by Crippen LogP contribution is 2.17. The van der Waals surface area contributed by atoms with Crippen LogP contribution in [0, 0.1) is 5.82 Å². The minimum atomic E-state index is -0.597. The lowest BCUT2D eigenvalue weighted by molar-refractivity contribution is 0.0733. The second-order valence-electron chi connectivity index (χ2n) is 3.22. The van der Waals surface area contributed by atoms with E-state index < -0.39 is 6.10 Å². The molecule has 1 heterocycles. The average molecular weight is 198 g/mol. The van der Waals surface area contributed by atoms with Crippen molar-refractivity contribution in [2.24, 2.45) is 0 Å². The van der Waals surface area contributed by atoms with Gasteiger partial charge in [0, 0.05) is 0 Å². The molecule has 1 fully saturated rings. The topological polar surface area (TPSA) is 38.7 Å². The van der Waals surface area contributed by atoms with Crippen molar-refractivity contribution in [2.75, 3.05) is 13.2 Å². The fraction of sp³-hybridized carbons (Fsp3) is 0.400. The fourth-order valence-corrected chi connectivity index (χ4v) is 1.32. The third-order valence-corrected chi connectivity index (χ3v) is 2.10. The number of ether oxygens (including phenoxy) is 2. The predicted octanol–water partition coefficient (Wildman–Crippen LogP) is 0.964. The second kappa shape index (κ2) is 3.94.